The molecule has 0 aliphatic carbocycles. The molecule has 0 heterocycles. The predicted octanol–water partition coefficient (Wildman–Crippen LogP) is 1.43. The minimum atomic E-state index is -0.449. The van der Waals surface area contributed by atoms with E-state index in [1.807, 2.05) is 6.92 Å². The second-order valence-corrected chi connectivity index (χ2v) is 3.25. The Morgan fingerprint density at radius 1 is 1.29 bits per heavy atom. The first kappa shape index (κ1) is 11.0. The van der Waals surface area contributed by atoms with Gasteiger partial charge in [-0.05, 0) is 37.2 Å². The van der Waals surface area contributed by atoms with Gasteiger partial charge < -0.3 is 15.5 Å². The summed E-state index contributed by atoms with van der Waals surface area (Å²) in [5.74, 6) is 0.229. The Hall–Kier alpha value is -1.06. The quantitative estimate of drug-likeness (QED) is 0.623. The molecule has 0 fully saturated rings. The van der Waals surface area contributed by atoms with Crippen molar-refractivity contribution in [1.29, 1.82) is 0 Å². The van der Waals surface area contributed by atoms with Crippen LogP contribution in [0.4, 0.5) is 0 Å². The van der Waals surface area contributed by atoms with Gasteiger partial charge in [-0.15, -0.1) is 0 Å². The molecule has 1 atom stereocenters. The van der Waals surface area contributed by atoms with Gasteiger partial charge in [0.2, 0.25) is 0 Å². The minimum Gasteiger partial charge on any atom is -0.508 e. The Morgan fingerprint density at radius 2 is 1.93 bits per heavy atom. The van der Waals surface area contributed by atoms with Crippen molar-refractivity contribution in [2.24, 2.45) is 0 Å². The maximum atomic E-state index is 9.72. The fourth-order valence-corrected chi connectivity index (χ4v) is 1.28. The van der Waals surface area contributed by atoms with Crippen LogP contribution < -0.4 is 5.32 Å². The zero-order valence-corrected chi connectivity index (χ0v) is 8.40. The van der Waals surface area contributed by atoms with Crippen LogP contribution >= 0.6 is 0 Å². The van der Waals surface area contributed by atoms with E-state index in [0.29, 0.717) is 6.42 Å². The summed E-state index contributed by atoms with van der Waals surface area (Å²) in [5, 5.41) is 21.9. The van der Waals surface area contributed by atoms with Crippen LogP contribution in [0.5, 0.6) is 5.75 Å². The molecule has 1 unspecified atom stereocenters. The normalized spacial score (nSPS) is 12.7. The van der Waals surface area contributed by atoms with Crippen LogP contribution in [-0.4, -0.2) is 23.3 Å². The number of aliphatic hydroxyl groups is 1. The fourth-order valence-electron chi connectivity index (χ4n) is 1.28. The maximum absolute atomic E-state index is 9.72. The topological polar surface area (TPSA) is 52.5 Å². The first-order valence-electron chi connectivity index (χ1n) is 4.91. The summed E-state index contributed by atoms with van der Waals surface area (Å²) in [5.41, 5.74) is 0.848. The van der Waals surface area contributed by atoms with Gasteiger partial charge in [0.25, 0.3) is 0 Å². The summed E-state index contributed by atoms with van der Waals surface area (Å²) in [6, 6.07) is 6.66. The Balaban J connectivity index is 2.43. The number of phenolic OH excluding ortho intramolecular Hbond substituents is 1. The lowest BCUT2D eigenvalue weighted by Crippen LogP contribution is -2.16. The van der Waals surface area contributed by atoms with Gasteiger partial charge >= 0.3 is 0 Å². The van der Waals surface area contributed by atoms with Gasteiger partial charge in [-0.3, -0.25) is 0 Å². The van der Waals surface area contributed by atoms with Crippen LogP contribution in [0.15, 0.2) is 24.3 Å². The summed E-state index contributed by atoms with van der Waals surface area (Å²) in [7, 11) is 0. The molecule has 0 aromatic heterocycles. The number of hydrogen-bond donors (Lipinski definition) is 3. The highest BCUT2D eigenvalue weighted by molar-refractivity contribution is 5.27. The van der Waals surface area contributed by atoms with E-state index in [2.05, 4.69) is 5.32 Å². The van der Waals surface area contributed by atoms with Crippen molar-refractivity contribution in [3.63, 3.8) is 0 Å². The van der Waals surface area contributed by atoms with Gasteiger partial charge in [0.15, 0.2) is 0 Å². The van der Waals surface area contributed by atoms with E-state index in [9.17, 15) is 5.11 Å². The van der Waals surface area contributed by atoms with E-state index in [4.69, 9.17) is 5.11 Å². The lowest BCUT2D eigenvalue weighted by molar-refractivity contribution is 0.167. The van der Waals surface area contributed by atoms with Crippen molar-refractivity contribution in [3.05, 3.63) is 29.8 Å². The predicted molar refractivity (Wildman–Crippen MR) is 56.2 cm³/mol. The molecule has 1 aromatic carbocycles. The summed E-state index contributed by atoms with van der Waals surface area (Å²) in [6.07, 6.45) is 0.244. The van der Waals surface area contributed by atoms with Crippen molar-refractivity contribution >= 4 is 0 Å². The first-order valence-corrected chi connectivity index (χ1v) is 4.91. The second kappa shape index (κ2) is 5.62. The van der Waals surface area contributed by atoms with E-state index in [1.54, 1.807) is 24.3 Å². The molecule has 0 saturated heterocycles. The van der Waals surface area contributed by atoms with E-state index in [0.717, 1.165) is 18.7 Å². The summed E-state index contributed by atoms with van der Waals surface area (Å²) in [4.78, 5) is 0. The van der Waals surface area contributed by atoms with Crippen LogP contribution in [0.3, 0.4) is 0 Å². The SMILES string of the molecule is CCNCCC(O)c1ccc(O)cc1. The molecule has 0 bridgehead atoms. The molecule has 0 radical (unpaired) electrons. The third-order valence-electron chi connectivity index (χ3n) is 2.12. The lowest BCUT2D eigenvalue weighted by atomic mass is 10.1. The molecular weight excluding hydrogens is 178 g/mol. The molecule has 14 heavy (non-hydrogen) atoms. The van der Waals surface area contributed by atoms with Gasteiger partial charge in [-0.1, -0.05) is 19.1 Å². The molecule has 1 aromatic rings. The highest BCUT2D eigenvalue weighted by Gasteiger charge is 2.05. The van der Waals surface area contributed by atoms with Crippen LogP contribution in [-0.2, 0) is 0 Å². The molecule has 0 amide bonds. The van der Waals surface area contributed by atoms with Gasteiger partial charge in [0.1, 0.15) is 5.75 Å². The molecule has 0 aliphatic heterocycles. The van der Waals surface area contributed by atoms with Crippen molar-refractivity contribution in [2.75, 3.05) is 13.1 Å². The molecule has 3 heteroatoms. The number of nitrogens with one attached hydrogen (secondary N) is 1. The van der Waals surface area contributed by atoms with E-state index < -0.39 is 6.10 Å². The monoisotopic (exact) mass is 195 g/mol. The van der Waals surface area contributed by atoms with Gasteiger partial charge in [-0.2, -0.15) is 0 Å². The Kier molecular flexibility index (Phi) is 4.43. The van der Waals surface area contributed by atoms with Crippen LogP contribution in [0, 0.1) is 0 Å². The number of phenols is 1. The standard InChI is InChI=1S/C11H17NO2/c1-2-12-8-7-11(14)9-3-5-10(13)6-4-9/h3-6,11-14H,2,7-8H2,1H3. The lowest BCUT2D eigenvalue weighted by Gasteiger charge is -2.10. The van der Waals surface area contributed by atoms with E-state index in [-0.39, 0.29) is 5.75 Å². The zero-order chi connectivity index (χ0) is 10.4. The van der Waals surface area contributed by atoms with Crippen molar-refractivity contribution in [1.82, 2.24) is 5.32 Å². The molecule has 1 rings (SSSR count). The molecule has 3 N–H and O–H groups in total. The molecular formula is C11H17NO2. The summed E-state index contributed by atoms with van der Waals surface area (Å²) in [6.45, 7) is 3.76. The molecule has 0 aliphatic rings. The van der Waals surface area contributed by atoms with Gasteiger partial charge in [0.05, 0.1) is 6.10 Å². The maximum Gasteiger partial charge on any atom is 0.115 e. The Labute approximate surface area is 84.4 Å². The van der Waals surface area contributed by atoms with Gasteiger partial charge in [0, 0.05) is 0 Å². The highest BCUT2D eigenvalue weighted by Crippen LogP contribution is 2.18. The zero-order valence-electron chi connectivity index (χ0n) is 8.40. The third-order valence-corrected chi connectivity index (χ3v) is 2.12. The molecule has 0 saturated carbocycles. The Morgan fingerprint density at radius 3 is 2.50 bits per heavy atom. The van der Waals surface area contributed by atoms with Crippen LogP contribution in [0.2, 0.25) is 0 Å². The van der Waals surface area contributed by atoms with Crippen LogP contribution in [0.1, 0.15) is 25.0 Å². The third kappa shape index (κ3) is 3.36. The molecule has 0 spiro atoms. The number of benzene rings is 1. The summed E-state index contributed by atoms with van der Waals surface area (Å²) < 4.78 is 0. The van der Waals surface area contributed by atoms with Crippen LogP contribution in [0.25, 0.3) is 0 Å². The van der Waals surface area contributed by atoms with Crippen molar-refractivity contribution in [3.8, 4) is 5.75 Å². The van der Waals surface area contributed by atoms with Crippen molar-refractivity contribution in [2.45, 2.75) is 19.4 Å². The fraction of sp³-hybridized carbons (Fsp3) is 0.455. The highest BCUT2D eigenvalue weighted by atomic mass is 16.3. The summed E-state index contributed by atoms with van der Waals surface area (Å²) >= 11 is 0. The molecule has 3 nitrogen and oxygen atoms in total. The largest absolute Gasteiger partial charge is 0.508 e. The average Bonchev–Trinajstić information content (AvgIpc) is 2.19. The number of aromatic hydroxyl groups is 1. The Bertz CT molecular complexity index is 258. The van der Waals surface area contributed by atoms with E-state index >= 15 is 0 Å². The number of hydrogen-bond acceptors (Lipinski definition) is 3. The number of rotatable bonds is 5. The number of aliphatic hydroxyl groups excluding tert-OH is 1. The van der Waals surface area contributed by atoms with Crippen molar-refractivity contribution < 1.29 is 10.2 Å². The van der Waals surface area contributed by atoms with E-state index in [1.165, 1.54) is 0 Å². The average molecular weight is 195 g/mol. The second-order valence-electron chi connectivity index (χ2n) is 3.25. The minimum absolute atomic E-state index is 0.229. The smallest absolute Gasteiger partial charge is 0.115 e. The van der Waals surface area contributed by atoms with Gasteiger partial charge in [-0.25, -0.2) is 0 Å². The first-order chi connectivity index (χ1) is 6.74. The molecule has 78 valence electrons.